The monoisotopic (exact) mass is 447 g/mol. The van der Waals surface area contributed by atoms with Crippen LogP contribution in [0.4, 0.5) is 5.69 Å². The second kappa shape index (κ2) is 8.58. The lowest BCUT2D eigenvalue weighted by Crippen LogP contribution is -2.25. The Morgan fingerprint density at radius 2 is 1.85 bits per heavy atom. The summed E-state index contributed by atoms with van der Waals surface area (Å²) in [5, 5.41) is 0.783. The molecule has 0 atom stereocenters. The third kappa shape index (κ3) is 4.39. The minimum atomic E-state index is -0.671. The maximum Gasteiger partial charge on any atom is 0.344 e. The molecule has 4 rings (SSSR count). The van der Waals surface area contributed by atoms with Crippen molar-refractivity contribution in [3.8, 4) is 5.75 Å². The fraction of sp³-hybridized carbons (Fsp3) is 0.269. The van der Waals surface area contributed by atoms with Gasteiger partial charge in [-0.15, -0.1) is 0 Å². The van der Waals surface area contributed by atoms with Crippen molar-refractivity contribution in [3.63, 3.8) is 0 Å². The molecule has 0 spiro atoms. The lowest BCUT2D eigenvalue weighted by atomic mass is 9.83. The third-order valence-electron chi connectivity index (χ3n) is 5.89. The van der Waals surface area contributed by atoms with Crippen molar-refractivity contribution in [2.75, 3.05) is 25.2 Å². The van der Waals surface area contributed by atoms with Crippen LogP contribution in [0.25, 0.3) is 11.0 Å². The highest BCUT2D eigenvalue weighted by Gasteiger charge is 2.38. The predicted octanol–water partition coefficient (Wildman–Crippen LogP) is 3.90. The summed E-state index contributed by atoms with van der Waals surface area (Å²) >= 11 is 0. The summed E-state index contributed by atoms with van der Waals surface area (Å²) in [6, 6.07) is 14.4. The summed E-state index contributed by atoms with van der Waals surface area (Å²) < 4.78 is 15.7. The van der Waals surface area contributed by atoms with Gasteiger partial charge in [0.1, 0.15) is 11.3 Å². The van der Waals surface area contributed by atoms with Gasteiger partial charge in [-0.25, -0.2) is 9.59 Å². The van der Waals surface area contributed by atoms with Crippen LogP contribution in [0, 0.1) is 6.92 Å². The van der Waals surface area contributed by atoms with Crippen molar-refractivity contribution in [3.05, 3.63) is 81.9 Å². The highest BCUT2D eigenvalue weighted by molar-refractivity contribution is 5.94. The largest absolute Gasteiger partial charge is 0.482 e. The second-order valence-corrected chi connectivity index (χ2v) is 8.55. The molecular weight excluding hydrogens is 422 g/mol. The second-order valence-electron chi connectivity index (χ2n) is 8.55. The fourth-order valence-electron chi connectivity index (χ4n) is 4.18. The van der Waals surface area contributed by atoms with E-state index in [-0.39, 0.29) is 24.4 Å². The summed E-state index contributed by atoms with van der Waals surface area (Å²) in [6.07, 6.45) is 1.53. The number of carbonyl (C=O) groups excluding carboxylic acids is 2. The first-order valence-corrected chi connectivity index (χ1v) is 10.6. The lowest BCUT2D eigenvalue weighted by Gasteiger charge is -2.23. The SMILES string of the molecule is Cc1cc(=O)oc2cc(OCC(=O)OCC(=O)/C=C3\N(C)c4ccccc4C3(C)C)ccc12. The third-order valence-corrected chi connectivity index (χ3v) is 5.89. The zero-order valence-electron chi connectivity index (χ0n) is 19.0. The van der Waals surface area contributed by atoms with Crippen LogP contribution in [-0.4, -0.2) is 32.0 Å². The number of aryl methyl sites for hydroxylation is 1. The molecule has 0 unspecified atom stereocenters. The molecule has 1 aliphatic rings. The van der Waals surface area contributed by atoms with Gasteiger partial charge in [0.15, 0.2) is 19.0 Å². The van der Waals surface area contributed by atoms with E-state index in [4.69, 9.17) is 13.9 Å². The minimum Gasteiger partial charge on any atom is -0.482 e. The molecule has 7 heteroatoms. The Morgan fingerprint density at radius 3 is 2.61 bits per heavy atom. The molecule has 0 radical (unpaired) electrons. The van der Waals surface area contributed by atoms with Gasteiger partial charge in [-0.2, -0.15) is 0 Å². The molecule has 3 aromatic rings. The number of rotatable bonds is 6. The number of fused-ring (bicyclic) bond motifs is 2. The molecule has 0 N–H and O–H groups in total. The van der Waals surface area contributed by atoms with E-state index in [1.54, 1.807) is 18.2 Å². The van der Waals surface area contributed by atoms with E-state index in [1.807, 2.05) is 43.1 Å². The van der Waals surface area contributed by atoms with Crippen LogP contribution in [0.5, 0.6) is 5.75 Å². The predicted molar refractivity (Wildman–Crippen MR) is 125 cm³/mol. The number of ketones is 1. The molecule has 0 aliphatic carbocycles. The van der Waals surface area contributed by atoms with Crippen LogP contribution >= 0.6 is 0 Å². The van der Waals surface area contributed by atoms with Gasteiger partial charge >= 0.3 is 11.6 Å². The molecule has 1 aliphatic heterocycles. The number of allylic oxidation sites excluding steroid dienone is 1. The first-order valence-electron chi connectivity index (χ1n) is 10.6. The van der Waals surface area contributed by atoms with E-state index in [0.29, 0.717) is 11.3 Å². The summed E-state index contributed by atoms with van der Waals surface area (Å²) in [6.45, 7) is 5.18. The Kier molecular flexibility index (Phi) is 5.80. The van der Waals surface area contributed by atoms with Gasteiger partial charge in [-0.05, 0) is 36.2 Å². The molecule has 33 heavy (non-hydrogen) atoms. The Hall–Kier alpha value is -3.87. The number of anilines is 1. The van der Waals surface area contributed by atoms with E-state index >= 15 is 0 Å². The van der Waals surface area contributed by atoms with Crippen LogP contribution < -0.4 is 15.3 Å². The number of hydrogen-bond acceptors (Lipinski definition) is 7. The molecular formula is C26H25NO6. The first-order chi connectivity index (χ1) is 15.7. The van der Waals surface area contributed by atoms with E-state index in [0.717, 1.165) is 27.9 Å². The van der Waals surface area contributed by atoms with Gasteiger partial charge in [-0.1, -0.05) is 32.0 Å². The van der Waals surface area contributed by atoms with E-state index < -0.39 is 11.6 Å². The molecule has 1 aromatic heterocycles. The van der Waals surface area contributed by atoms with Gasteiger partial charge < -0.3 is 18.8 Å². The summed E-state index contributed by atoms with van der Waals surface area (Å²) in [7, 11) is 1.92. The van der Waals surface area contributed by atoms with Crippen LogP contribution in [0.15, 0.2) is 69.5 Å². The number of ether oxygens (including phenoxy) is 2. The molecule has 0 saturated carbocycles. The van der Waals surface area contributed by atoms with E-state index in [2.05, 4.69) is 13.8 Å². The van der Waals surface area contributed by atoms with Crippen LogP contribution in [-0.2, 0) is 19.7 Å². The molecule has 7 nitrogen and oxygen atoms in total. The highest BCUT2D eigenvalue weighted by atomic mass is 16.6. The number of hydrogen-bond donors (Lipinski definition) is 0. The van der Waals surface area contributed by atoms with E-state index in [1.165, 1.54) is 12.1 Å². The van der Waals surface area contributed by atoms with Crippen LogP contribution in [0.1, 0.15) is 25.0 Å². The Balaban J connectivity index is 1.35. The lowest BCUT2D eigenvalue weighted by molar-refractivity contribution is -0.148. The van der Waals surface area contributed by atoms with Crippen LogP contribution in [0.3, 0.4) is 0 Å². The number of esters is 1. The van der Waals surface area contributed by atoms with E-state index in [9.17, 15) is 14.4 Å². The number of likely N-dealkylation sites (N-methyl/N-ethyl adjacent to an activating group) is 1. The van der Waals surface area contributed by atoms with Crippen molar-refractivity contribution >= 4 is 28.4 Å². The molecule has 0 amide bonds. The van der Waals surface area contributed by atoms with Crippen molar-refractivity contribution in [1.29, 1.82) is 0 Å². The molecule has 170 valence electrons. The number of benzene rings is 2. The zero-order chi connectivity index (χ0) is 23.8. The standard InChI is InChI=1S/C26H25NO6/c1-16-11-24(29)33-22-13-18(9-10-19(16)22)31-15-25(30)32-14-17(28)12-23-26(2,3)20-7-5-6-8-21(20)27(23)4/h5-13H,14-15H2,1-4H3/b23-12-. The molecule has 0 fully saturated rings. The fourth-order valence-corrected chi connectivity index (χ4v) is 4.18. The van der Waals surface area contributed by atoms with Crippen molar-refractivity contribution in [2.24, 2.45) is 0 Å². The number of nitrogens with zero attached hydrogens (tertiary/aromatic N) is 1. The minimum absolute atomic E-state index is 0.311. The molecule has 0 saturated heterocycles. The summed E-state index contributed by atoms with van der Waals surface area (Å²) in [5.74, 6) is -0.627. The Bertz CT molecular complexity index is 1330. The number of carbonyl (C=O) groups is 2. The van der Waals surface area contributed by atoms with Crippen molar-refractivity contribution in [2.45, 2.75) is 26.2 Å². The molecule has 0 bridgehead atoms. The molecule has 2 heterocycles. The smallest absolute Gasteiger partial charge is 0.344 e. The Labute approximate surface area is 191 Å². The van der Waals surface area contributed by atoms with Crippen molar-refractivity contribution in [1.82, 2.24) is 0 Å². The first kappa shape index (κ1) is 22.3. The zero-order valence-corrected chi connectivity index (χ0v) is 19.0. The highest BCUT2D eigenvalue weighted by Crippen LogP contribution is 2.46. The maximum atomic E-state index is 12.5. The Morgan fingerprint density at radius 1 is 1.09 bits per heavy atom. The summed E-state index contributed by atoms with van der Waals surface area (Å²) in [4.78, 5) is 38.1. The van der Waals surface area contributed by atoms with Gasteiger partial charge in [0.25, 0.3) is 0 Å². The van der Waals surface area contributed by atoms with Crippen LogP contribution in [0.2, 0.25) is 0 Å². The van der Waals surface area contributed by atoms with Gasteiger partial charge in [0.2, 0.25) is 0 Å². The average molecular weight is 447 g/mol. The average Bonchev–Trinajstić information content (AvgIpc) is 2.96. The molecule has 2 aromatic carbocycles. The van der Waals surface area contributed by atoms with Gasteiger partial charge in [0, 0.05) is 47.4 Å². The maximum absolute atomic E-state index is 12.5. The van der Waals surface area contributed by atoms with Gasteiger partial charge in [-0.3, -0.25) is 4.79 Å². The summed E-state index contributed by atoms with van der Waals surface area (Å²) in [5.41, 5.74) is 3.40. The van der Waals surface area contributed by atoms with Crippen molar-refractivity contribution < 1.29 is 23.5 Å². The normalized spacial score (nSPS) is 15.5. The number of para-hydroxylation sites is 1. The topological polar surface area (TPSA) is 86.0 Å². The van der Waals surface area contributed by atoms with Gasteiger partial charge in [0.05, 0.1) is 0 Å². The quantitative estimate of drug-likeness (QED) is 0.322.